The van der Waals surface area contributed by atoms with Crippen molar-refractivity contribution in [3.05, 3.63) is 46.3 Å². The van der Waals surface area contributed by atoms with Gasteiger partial charge in [-0.25, -0.2) is 13.1 Å². The van der Waals surface area contributed by atoms with E-state index in [4.69, 9.17) is 4.74 Å². The Kier molecular flexibility index (Phi) is 7.15. The second kappa shape index (κ2) is 9.32. The van der Waals surface area contributed by atoms with Crippen LogP contribution in [0.1, 0.15) is 54.8 Å². The lowest BCUT2D eigenvalue weighted by Crippen LogP contribution is -2.15. The first-order valence-corrected chi connectivity index (χ1v) is 12.6. The molecule has 9 heteroatoms. The maximum Gasteiger partial charge on any atom is 0.435 e. The molecular formula is C22H29F3N2O3S. The zero-order valence-corrected chi connectivity index (χ0v) is 18.9. The van der Waals surface area contributed by atoms with Crippen LogP contribution in [0.25, 0.3) is 5.69 Å². The lowest BCUT2D eigenvalue weighted by atomic mass is 10.1. The summed E-state index contributed by atoms with van der Waals surface area (Å²) in [5, 5.41) is 3.89. The molecule has 1 aromatic heterocycles. The van der Waals surface area contributed by atoms with E-state index in [9.17, 15) is 21.6 Å². The van der Waals surface area contributed by atoms with Gasteiger partial charge in [0.15, 0.2) is 5.69 Å². The van der Waals surface area contributed by atoms with E-state index in [-0.39, 0.29) is 12.2 Å². The molecule has 0 saturated heterocycles. The summed E-state index contributed by atoms with van der Waals surface area (Å²) in [5.74, 6) is 0.926. The summed E-state index contributed by atoms with van der Waals surface area (Å²) in [6.45, 7) is 4.57. The van der Waals surface area contributed by atoms with Gasteiger partial charge in [-0.3, -0.25) is 0 Å². The average molecular weight is 459 g/mol. The van der Waals surface area contributed by atoms with E-state index in [1.165, 1.54) is 22.1 Å². The van der Waals surface area contributed by atoms with Crippen molar-refractivity contribution in [3.63, 3.8) is 0 Å². The zero-order valence-electron chi connectivity index (χ0n) is 18.1. The van der Waals surface area contributed by atoms with Crippen molar-refractivity contribution >= 4 is 9.84 Å². The molecule has 172 valence electrons. The maximum atomic E-state index is 13.2. The van der Waals surface area contributed by atoms with Gasteiger partial charge in [-0.1, -0.05) is 26.3 Å². The topological polar surface area (TPSA) is 61.2 Å². The highest BCUT2D eigenvalue weighted by molar-refractivity contribution is 7.90. The standard InChI is InChI=1S/C17H17F3N2O.C5H12O2S/c1-10-6-11-2-3-13(8-12(11)7-10)22-15-4-5-23-9-14(15)16(21-22)17(18,19)20;1-3-4-5-8(2,6)7/h2-3,8,10H,4-7,9H2,1H3;3-5H2,1-2H3. The van der Waals surface area contributed by atoms with Gasteiger partial charge in [0.2, 0.25) is 0 Å². The van der Waals surface area contributed by atoms with Crippen LogP contribution < -0.4 is 0 Å². The molecule has 31 heavy (non-hydrogen) atoms. The van der Waals surface area contributed by atoms with Gasteiger partial charge in [0.05, 0.1) is 24.6 Å². The van der Waals surface area contributed by atoms with Crippen LogP contribution in [-0.4, -0.2) is 36.8 Å². The number of halogens is 3. The number of ether oxygens (including phenoxy) is 1. The van der Waals surface area contributed by atoms with Gasteiger partial charge in [-0.2, -0.15) is 18.3 Å². The SMILES string of the molecule is CC1Cc2ccc(-n3nc(C(F)(F)F)c4c3CCOC4)cc2C1.CCCCS(C)(=O)=O. The summed E-state index contributed by atoms with van der Waals surface area (Å²) in [6.07, 6.45) is 1.01. The molecule has 1 aromatic carbocycles. The van der Waals surface area contributed by atoms with Gasteiger partial charge in [-0.05, 0) is 48.4 Å². The molecule has 0 fully saturated rings. The fourth-order valence-electron chi connectivity index (χ4n) is 4.04. The van der Waals surface area contributed by atoms with Crippen LogP contribution in [0.5, 0.6) is 0 Å². The molecule has 0 spiro atoms. The van der Waals surface area contributed by atoms with Gasteiger partial charge >= 0.3 is 6.18 Å². The van der Waals surface area contributed by atoms with Crippen LogP contribution in [-0.2, 0) is 46.6 Å². The van der Waals surface area contributed by atoms with E-state index >= 15 is 0 Å². The summed E-state index contributed by atoms with van der Waals surface area (Å²) in [5.41, 5.74) is 3.21. The van der Waals surface area contributed by atoms with E-state index in [2.05, 4.69) is 12.0 Å². The number of nitrogens with zero attached hydrogens (tertiary/aromatic N) is 2. The highest BCUT2D eigenvalue weighted by Crippen LogP contribution is 2.36. The molecule has 1 aliphatic carbocycles. The third-order valence-electron chi connectivity index (χ3n) is 5.53. The van der Waals surface area contributed by atoms with Crippen LogP contribution in [0, 0.1) is 5.92 Å². The molecule has 2 aliphatic rings. The highest BCUT2D eigenvalue weighted by atomic mass is 32.2. The van der Waals surface area contributed by atoms with Gasteiger partial charge in [0.25, 0.3) is 0 Å². The number of rotatable bonds is 4. The average Bonchev–Trinajstić information content (AvgIpc) is 3.25. The summed E-state index contributed by atoms with van der Waals surface area (Å²) in [7, 11) is -2.69. The van der Waals surface area contributed by atoms with E-state index in [0.29, 0.717) is 36.1 Å². The second-order valence-corrected chi connectivity index (χ2v) is 10.7. The smallest absolute Gasteiger partial charge is 0.376 e. The van der Waals surface area contributed by atoms with Crippen molar-refractivity contribution in [1.82, 2.24) is 9.78 Å². The molecule has 1 aliphatic heterocycles. The minimum absolute atomic E-state index is 0.0217. The molecule has 5 nitrogen and oxygen atoms in total. The summed E-state index contributed by atoms with van der Waals surface area (Å²) >= 11 is 0. The molecule has 0 bridgehead atoms. The minimum Gasteiger partial charge on any atom is -0.376 e. The zero-order chi connectivity index (χ0) is 22.8. The monoisotopic (exact) mass is 458 g/mol. The Bertz CT molecular complexity index is 1030. The predicted octanol–water partition coefficient (Wildman–Crippen LogP) is 4.53. The van der Waals surface area contributed by atoms with Gasteiger partial charge in [0.1, 0.15) is 9.84 Å². The fourth-order valence-corrected chi connectivity index (χ4v) is 4.85. The summed E-state index contributed by atoms with van der Waals surface area (Å²) < 4.78 is 67.2. The fraction of sp³-hybridized carbons (Fsp3) is 0.591. The van der Waals surface area contributed by atoms with Gasteiger partial charge in [-0.15, -0.1) is 0 Å². The lowest BCUT2D eigenvalue weighted by molar-refractivity contribution is -0.142. The Hall–Kier alpha value is -1.87. The molecule has 0 saturated carbocycles. The van der Waals surface area contributed by atoms with Crippen LogP contribution in [0.2, 0.25) is 0 Å². The lowest BCUT2D eigenvalue weighted by Gasteiger charge is -2.16. The van der Waals surface area contributed by atoms with Crippen molar-refractivity contribution in [2.45, 2.75) is 58.7 Å². The Morgan fingerprint density at radius 3 is 2.55 bits per heavy atom. The quantitative estimate of drug-likeness (QED) is 0.676. The second-order valence-electron chi connectivity index (χ2n) is 8.44. The van der Waals surface area contributed by atoms with Crippen molar-refractivity contribution in [3.8, 4) is 5.69 Å². The number of hydrogen-bond donors (Lipinski definition) is 0. The number of alkyl halides is 3. The number of unbranched alkanes of at least 4 members (excludes halogenated alkanes) is 1. The Morgan fingerprint density at radius 2 is 1.94 bits per heavy atom. The Balaban J connectivity index is 0.000000293. The summed E-state index contributed by atoms with van der Waals surface area (Å²) in [6, 6.07) is 5.89. The number of fused-ring (bicyclic) bond motifs is 2. The van der Waals surface area contributed by atoms with Crippen LogP contribution in [0.4, 0.5) is 13.2 Å². The number of benzene rings is 1. The molecule has 2 aromatic rings. The predicted molar refractivity (Wildman–Crippen MR) is 113 cm³/mol. The maximum absolute atomic E-state index is 13.2. The third-order valence-corrected chi connectivity index (χ3v) is 6.56. The number of hydrogen-bond acceptors (Lipinski definition) is 4. The van der Waals surface area contributed by atoms with Crippen LogP contribution in [0.3, 0.4) is 0 Å². The van der Waals surface area contributed by atoms with Crippen molar-refractivity contribution in [2.75, 3.05) is 18.6 Å². The Labute approximate surface area is 181 Å². The van der Waals surface area contributed by atoms with E-state index in [1.807, 2.05) is 25.1 Å². The molecule has 0 radical (unpaired) electrons. The highest BCUT2D eigenvalue weighted by Gasteiger charge is 2.40. The first-order chi connectivity index (χ1) is 14.5. The number of aromatic nitrogens is 2. The van der Waals surface area contributed by atoms with E-state index in [1.54, 1.807) is 0 Å². The Morgan fingerprint density at radius 1 is 1.23 bits per heavy atom. The van der Waals surface area contributed by atoms with Gasteiger partial charge < -0.3 is 4.74 Å². The minimum atomic E-state index is -4.46. The molecule has 0 N–H and O–H groups in total. The van der Waals surface area contributed by atoms with Crippen molar-refractivity contribution < 1.29 is 26.3 Å². The van der Waals surface area contributed by atoms with E-state index in [0.717, 1.165) is 25.7 Å². The number of sulfone groups is 1. The molecule has 4 rings (SSSR count). The first kappa shape index (κ1) is 23.8. The third kappa shape index (κ3) is 5.88. The molecule has 1 unspecified atom stereocenters. The first-order valence-electron chi connectivity index (χ1n) is 10.5. The van der Waals surface area contributed by atoms with Crippen LogP contribution in [0.15, 0.2) is 18.2 Å². The summed E-state index contributed by atoms with van der Waals surface area (Å²) in [4.78, 5) is 0. The van der Waals surface area contributed by atoms with Gasteiger partial charge in [0, 0.05) is 24.0 Å². The van der Waals surface area contributed by atoms with E-state index < -0.39 is 21.7 Å². The normalized spacial score (nSPS) is 18.2. The largest absolute Gasteiger partial charge is 0.435 e. The molecule has 1 atom stereocenters. The molecule has 0 amide bonds. The molecule has 2 heterocycles. The van der Waals surface area contributed by atoms with Crippen molar-refractivity contribution in [2.24, 2.45) is 5.92 Å². The van der Waals surface area contributed by atoms with Crippen LogP contribution >= 0.6 is 0 Å². The molecular weight excluding hydrogens is 429 g/mol. The van der Waals surface area contributed by atoms with Crippen molar-refractivity contribution in [1.29, 1.82) is 0 Å².